The molecule has 0 aromatic heterocycles. The predicted molar refractivity (Wildman–Crippen MR) is 78.5 cm³/mol. The Labute approximate surface area is 115 Å². The zero-order valence-corrected chi connectivity index (χ0v) is 12.2. The van der Waals surface area contributed by atoms with Crippen LogP contribution in [-0.2, 0) is 16.6 Å². The predicted octanol–water partition coefficient (Wildman–Crippen LogP) is 2.53. The van der Waals surface area contributed by atoms with Crippen molar-refractivity contribution in [1.82, 2.24) is 0 Å². The molecule has 4 nitrogen and oxygen atoms in total. The van der Waals surface area contributed by atoms with Crippen molar-refractivity contribution in [3.63, 3.8) is 0 Å². The second-order valence-electron chi connectivity index (χ2n) is 5.26. The number of hydrogen-bond acceptors (Lipinski definition) is 3. The Morgan fingerprint density at radius 1 is 1.26 bits per heavy atom. The Balaban J connectivity index is 2.19. The van der Waals surface area contributed by atoms with E-state index in [9.17, 15) is 8.42 Å². The first-order valence-corrected chi connectivity index (χ1v) is 8.39. The van der Waals surface area contributed by atoms with Crippen LogP contribution in [-0.4, -0.2) is 13.7 Å². The lowest BCUT2D eigenvalue weighted by Crippen LogP contribution is -2.30. The quantitative estimate of drug-likeness (QED) is 0.891. The molecule has 0 bridgehead atoms. The van der Waals surface area contributed by atoms with Crippen LogP contribution < -0.4 is 10.5 Å². The molecule has 5 heteroatoms. The number of nitrogens with two attached hydrogens (primary N) is 1. The Hall–Kier alpha value is -1.07. The van der Waals surface area contributed by atoms with Gasteiger partial charge in [-0.1, -0.05) is 31.4 Å². The van der Waals surface area contributed by atoms with Gasteiger partial charge in [-0.05, 0) is 37.0 Å². The summed E-state index contributed by atoms with van der Waals surface area (Å²) in [7, 11) is -3.27. The Morgan fingerprint density at radius 2 is 1.95 bits per heavy atom. The van der Waals surface area contributed by atoms with Crippen molar-refractivity contribution < 1.29 is 8.42 Å². The van der Waals surface area contributed by atoms with Gasteiger partial charge >= 0.3 is 0 Å². The van der Waals surface area contributed by atoms with Crippen molar-refractivity contribution in [2.24, 2.45) is 5.73 Å². The largest absolute Gasteiger partial charge is 0.326 e. The number of rotatable bonds is 4. The van der Waals surface area contributed by atoms with Gasteiger partial charge < -0.3 is 5.73 Å². The van der Waals surface area contributed by atoms with Gasteiger partial charge in [-0.15, -0.1) is 0 Å². The molecule has 1 fully saturated rings. The third kappa shape index (κ3) is 3.48. The van der Waals surface area contributed by atoms with Crippen LogP contribution in [0.15, 0.2) is 18.2 Å². The van der Waals surface area contributed by atoms with Crippen LogP contribution in [0.1, 0.15) is 43.2 Å². The molecule has 2 rings (SSSR count). The average molecular weight is 282 g/mol. The van der Waals surface area contributed by atoms with Crippen LogP contribution in [0.4, 0.5) is 5.69 Å². The summed E-state index contributed by atoms with van der Waals surface area (Å²) in [4.78, 5) is 0. The first-order valence-electron chi connectivity index (χ1n) is 6.84. The summed E-state index contributed by atoms with van der Waals surface area (Å²) in [6.45, 7) is 2.32. The zero-order chi connectivity index (χ0) is 13.9. The van der Waals surface area contributed by atoms with Gasteiger partial charge in [0.1, 0.15) is 0 Å². The minimum absolute atomic E-state index is 0.248. The summed E-state index contributed by atoms with van der Waals surface area (Å²) < 4.78 is 27.5. The molecule has 0 unspecified atom stereocenters. The lowest BCUT2D eigenvalue weighted by molar-refractivity contribution is 0.486. The Kier molecular flexibility index (Phi) is 4.47. The molecule has 106 valence electrons. The van der Waals surface area contributed by atoms with E-state index in [4.69, 9.17) is 5.73 Å². The minimum Gasteiger partial charge on any atom is -0.326 e. The Morgan fingerprint density at radius 3 is 2.58 bits per heavy atom. The van der Waals surface area contributed by atoms with E-state index in [1.165, 1.54) is 0 Å². The smallest absolute Gasteiger partial charge is 0.235 e. The Bertz CT molecular complexity index is 534. The lowest BCUT2D eigenvalue weighted by atomic mass is 10.0. The number of anilines is 1. The molecule has 0 heterocycles. The fraction of sp³-hybridized carbons (Fsp3) is 0.571. The molecule has 1 aliphatic rings. The summed E-state index contributed by atoms with van der Waals surface area (Å²) in [6, 6.07) is 5.66. The molecular weight excluding hydrogens is 260 g/mol. The summed E-state index contributed by atoms with van der Waals surface area (Å²) >= 11 is 0. The molecular formula is C14H22N2O2S. The van der Waals surface area contributed by atoms with Crippen molar-refractivity contribution in [2.75, 3.05) is 4.72 Å². The van der Waals surface area contributed by atoms with Gasteiger partial charge in [-0.2, -0.15) is 0 Å². The van der Waals surface area contributed by atoms with Crippen LogP contribution in [0.25, 0.3) is 0 Å². The molecule has 1 aromatic carbocycles. The maximum Gasteiger partial charge on any atom is 0.235 e. The number of benzene rings is 1. The van der Waals surface area contributed by atoms with Crippen molar-refractivity contribution >= 4 is 15.7 Å². The number of hydrogen-bond donors (Lipinski definition) is 2. The normalized spacial score (nSPS) is 17.4. The van der Waals surface area contributed by atoms with E-state index in [0.29, 0.717) is 12.2 Å². The fourth-order valence-corrected chi connectivity index (χ4v) is 4.17. The second-order valence-corrected chi connectivity index (χ2v) is 7.22. The van der Waals surface area contributed by atoms with E-state index in [0.717, 1.165) is 43.2 Å². The van der Waals surface area contributed by atoms with Crippen LogP contribution in [0.2, 0.25) is 0 Å². The summed E-state index contributed by atoms with van der Waals surface area (Å²) in [5.74, 6) is 0. The van der Waals surface area contributed by atoms with Gasteiger partial charge in [0.25, 0.3) is 0 Å². The highest BCUT2D eigenvalue weighted by atomic mass is 32.2. The van der Waals surface area contributed by atoms with E-state index in [1.807, 2.05) is 25.1 Å². The number of sulfonamides is 1. The molecule has 3 N–H and O–H groups in total. The van der Waals surface area contributed by atoms with E-state index in [2.05, 4.69) is 4.72 Å². The van der Waals surface area contributed by atoms with Crippen molar-refractivity contribution in [3.8, 4) is 0 Å². The van der Waals surface area contributed by atoms with Crippen molar-refractivity contribution in [3.05, 3.63) is 29.3 Å². The average Bonchev–Trinajstić information content (AvgIpc) is 2.42. The highest BCUT2D eigenvalue weighted by molar-refractivity contribution is 7.93. The summed E-state index contributed by atoms with van der Waals surface area (Å²) in [5.41, 5.74) is 8.12. The maximum atomic E-state index is 12.4. The van der Waals surface area contributed by atoms with Gasteiger partial charge in [0, 0.05) is 6.54 Å². The van der Waals surface area contributed by atoms with Crippen molar-refractivity contribution in [1.29, 1.82) is 0 Å². The molecule has 1 aliphatic carbocycles. The van der Waals surface area contributed by atoms with Crippen LogP contribution >= 0.6 is 0 Å². The maximum absolute atomic E-state index is 12.4. The molecule has 19 heavy (non-hydrogen) atoms. The molecule has 0 spiro atoms. The van der Waals surface area contributed by atoms with Gasteiger partial charge in [-0.3, -0.25) is 4.72 Å². The molecule has 0 radical (unpaired) electrons. The number of nitrogens with one attached hydrogen (secondary N) is 1. The standard InChI is InChI=1S/C14H22N2O2S/c1-11-7-8-12(10-15)9-14(11)16-19(17,18)13-5-3-2-4-6-13/h7-9,13,16H,2-6,10,15H2,1H3. The third-order valence-electron chi connectivity index (χ3n) is 3.78. The van der Waals surface area contributed by atoms with Gasteiger partial charge in [-0.25, -0.2) is 8.42 Å². The topological polar surface area (TPSA) is 72.2 Å². The fourth-order valence-electron chi connectivity index (χ4n) is 2.52. The van der Waals surface area contributed by atoms with E-state index in [1.54, 1.807) is 0 Å². The van der Waals surface area contributed by atoms with Gasteiger partial charge in [0.2, 0.25) is 10.0 Å². The first-order chi connectivity index (χ1) is 9.03. The van der Waals surface area contributed by atoms with E-state index >= 15 is 0 Å². The first kappa shape index (κ1) is 14.3. The molecule has 0 atom stereocenters. The van der Waals surface area contributed by atoms with Crippen LogP contribution in [0.5, 0.6) is 0 Å². The monoisotopic (exact) mass is 282 g/mol. The van der Waals surface area contributed by atoms with Crippen LogP contribution in [0.3, 0.4) is 0 Å². The molecule has 0 saturated heterocycles. The highest BCUT2D eigenvalue weighted by Crippen LogP contribution is 2.26. The molecule has 1 aromatic rings. The van der Waals surface area contributed by atoms with E-state index < -0.39 is 10.0 Å². The molecule has 1 saturated carbocycles. The van der Waals surface area contributed by atoms with Gasteiger partial charge in [0.05, 0.1) is 10.9 Å². The van der Waals surface area contributed by atoms with E-state index in [-0.39, 0.29) is 5.25 Å². The SMILES string of the molecule is Cc1ccc(CN)cc1NS(=O)(=O)C1CCCCC1. The third-order valence-corrected chi connectivity index (χ3v) is 5.63. The van der Waals surface area contributed by atoms with Gasteiger partial charge in [0.15, 0.2) is 0 Å². The molecule has 0 aliphatic heterocycles. The molecule has 0 amide bonds. The highest BCUT2D eigenvalue weighted by Gasteiger charge is 2.27. The number of aryl methyl sites for hydroxylation is 1. The second kappa shape index (κ2) is 5.92. The van der Waals surface area contributed by atoms with Crippen LogP contribution in [0, 0.1) is 6.92 Å². The summed E-state index contributed by atoms with van der Waals surface area (Å²) in [6.07, 6.45) is 4.70. The summed E-state index contributed by atoms with van der Waals surface area (Å²) in [5, 5.41) is -0.248. The lowest BCUT2D eigenvalue weighted by Gasteiger charge is -2.23. The minimum atomic E-state index is -3.27. The zero-order valence-electron chi connectivity index (χ0n) is 11.4. The van der Waals surface area contributed by atoms with Crippen molar-refractivity contribution in [2.45, 2.75) is 50.8 Å².